The van der Waals surface area contributed by atoms with Crippen molar-refractivity contribution in [3.05, 3.63) is 30.1 Å². The normalized spacial score (nSPS) is 17.2. The van der Waals surface area contributed by atoms with Crippen LogP contribution >= 0.6 is 24.8 Å². The van der Waals surface area contributed by atoms with Gasteiger partial charge in [-0.15, -0.1) is 24.8 Å². The van der Waals surface area contributed by atoms with Crippen LogP contribution < -0.4 is 16.4 Å². The minimum absolute atomic E-state index is 0. The number of carbonyl (C=O) groups excluding carboxylic acids is 1. The number of aromatic amines is 1. The molecule has 1 unspecified atom stereocenters. The number of aromatic nitrogens is 3. The molecule has 3 heterocycles. The summed E-state index contributed by atoms with van der Waals surface area (Å²) in [5.74, 6) is 0.415. The van der Waals surface area contributed by atoms with Crippen molar-refractivity contribution in [3.8, 4) is 0 Å². The van der Waals surface area contributed by atoms with Gasteiger partial charge in [-0.1, -0.05) is 0 Å². The quantitative estimate of drug-likeness (QED) is 0.626. The van der Waals surface area contributed by atoms with E-state index < -0.39 is 5.91 Å². The van der Waals surface area contributed by atoms with Gasteiger partial charge in [-0.2, -0.15) is 0 Å². The van der Waals surface area contributed by atoms with E-state index in [-0.39, 0.29) is 30.9 Å². The Hall–Kier alpha value is -2.09. The summed E-state index contributed by atoms with van der Waals surface area (Å²) in [6, 6.07) is 5.51. The summed E-state index contributed by atoms with van der Waals surface area (Å²) in [6.45, 7) is 1.69. The number of amides is 1. The first kappa shape index (κ1) is 19.2. The van der Waals surface area contributed by atoms with Gasteiger partial charge in [0.1, 0.15) is 17.8 Å². The van der Waals surface area contributed by atoms with E-state index in [2.05, 4.69) is 19.9 Å². The molecule has 1 saturated heterocycles. The molecule has 3 aromatic rings. The molecule has 1 aromatic carbocycles. The lowest BCUT2D eigenvalue weighted by Gasteiger charge is -2.31. The number of hydrogen-bond acceptors (Lipinski definition) is 5. The van der Waals surface area contributed by atoms with E-state index in [1.165, 1.54) is 0 Å². The van der Waals surface area contributed by atoms with Crippen LogP contribution in [0.4, 0.5) is 5.82 Å². The van der Waals surface area contributed by atoms with Crippen LogP contribution in [-0.4, -0.2) is 40.0 Å². The maximum Gasteiger partial charge on any atom is 0.248 e. The van der Waals surface area contributed by atoms with Gasteiger partial charge in [0.25, 0.3) is 0 Å². The Morgan fingerprint density at radius 2 is 2.08 bits per heavy atom. The Kier molecular flexibility index (Phi) is 5.72. The molecular formula is C16H20Cl2N6O. The van der Waals surface area contributed by atoms with E-state index >= 15 is 0 Å². The number of fused-ring (bicyclic) bond motifs is 3. The van der Waals surface area contributed by atoms with Crippen molar-refractivity contribution in [3.63, 3.8) is 0 Å². The Labute approximate surface area is 157 Å². The zero-order chi connectivity index (χ0) is 16.0. The van der Waals surface area contributed by atoms with Gasteiger partial charge in [-0.05, 0) is 31.0 Å². The highest BCUT2D eigenvalue weighted by atomic mass is 35.5. The molecule has 5 N–H and O–H groups in total. The van der Waals surface area contributed by atoms with Gasteiger partial charge in [-0.3, -0.25) is 4.79 Å². The number of carbonyl (C=O) groups is 1. The Morgan fingerprint density at radius 1 is 1.28 bits per heavy atom. The SMILES string of the molecule is Cl.Cl.NC(=O)c1ccc2[nH]c3ncnc(N4CCCC(N)C4)c3c2c1. The maximum absolute atomic E-state index is 11.5. The topological polar surface area (TPSA) is 114 Å². The summed E-state index contributed by atoms with van der Waals surface area (Å²) < 4.78 is 0. The van der Waals surface area contributed by atoms with Crippen LogP contribution in [0.3, 0.4) is 0 Å². The molecule has 2 aromatic heterocycles. The summed E-state index contributed by atoms with van der Waals surface area (Å²) in [5, 5.41) is 1.82. The molecule has 0 spiro atoms. The lowest BCUT2D eigenvalue weighted by molar-refractivity contribution is 0.100. The standard InChI is InChI=1S/C16H18N6O.2ClH/c17-10-2-1-5-22(7-10)16-13-11-6-9(14(18)23)3-4-12(11)21-15(13)19-8-20-16;;/h3-4,6,8,10H,1-2,5,7,17H2,(H2,18,23)(H,19,20,21);2*1H. The van der Waals surface area contributed by atoms with Crippen LogP contribution in [-0.2, 0) is 0 Å². The third-order valence-electron chi connectivity index (χ3n) is 4.41. The average molecular weight is 383 g/mol. The van der Waals surface area contributed by atoms with E-state index in [1.807, 2.05) is 6.07 Å². The average Bonchev–Trinajstić information content (AvgIpc) is 2.92. The number of H-pyrrole nitrogens is 1. The summed E-state index contributed by atoms with van der Waals surface area (Å²) in [7, 11) is 0. The van der Waals surface area contributed by atoms with Crippen LogP contribution in [0.5, 0.6) is 0 Å². The molecule has 7 nitrogen and oxygen atoms in total. The second-order valence-corrected chi connectivity index (χ2v) is 6.02. The molecule has 1 aliphatic rings. The first-order chi connectivity index (χ1) is 11.1. The fraction of sp³-hybridized carbons (Fsp3) is 0.312. The van der Waals surface area contributed by atoms with Crippen LogP contribution in [0.1, 0.15) is 23.2 Å². The fourth-order valence-electron chi connectivity index (χ4n) is 3.30. The number of halogens is 2. The van der Waals surface area contributed by atoms with Gasteiger partial charge < -0.3 is 21.4 Å². The number of nitrogens with two attached hydrogens (primary N) is 2. The van der Waals surface area contributed by atoms with E-state index in [0.717, 1.165) is 53.7 Å². The Balaban J connectivity index is 0.00000113. The van der Waals surface area contributed by atoms with Gasteiger partial charge in [0, 0.05) is 35.6 Å². The molecule has 4 rings (SSSR count). The van der Waals surface area contributed by atoms with Gasteiger partial charge in [0.15, 0.2) is 0 Å². The number of nitrogens with one attached hydrogen (secondary N) is 1. The highest BCUT2D eigenvalue weighted by molar-refractivity contribution is 6.13. The molecule has 25 heavy (non-hydrogen) atoms. The number of primary amides is 1. The van der Waals surface area contributed by atoms with Crippen LogP contribution in [0, 0.1) is 0 Å². The van der Waals surface area contributed by atoms with Crippen molar-refractivity contribution in [2.45, 2.75) is 18.9 Å². The van der Waals surface area contributed by atoms with Crippen molar-refractivity contribution in [2.24, 2.45) is 11.5 Å². The third kappa shape index (κ3) is 3.35. The summed E-state index contributed by atoms with van der Waals surface area (Å²) in [4.78, 5) is 25.8. The lowest BCUT2D eigenvalue weighted by atomic mass is 10.1. The van der Waals surface area contributed by atoms with Crippen LogP contribution in [0.15, 0.2) is 24.5 Å². The van der Waals surface area contributed by atoms with Crippen LogP contribution in [0.2, 0.25) is 0 Å². The molecule has 134 valence electrons. The highest BCUT2D eigenvalue weighted by Gasteiger charge is 2.22. The lowest BCUT2D eigenvalue weighted by Crippen LogP contribution is -2.43. The largest absolute Gasteiger partial charge is 0.366 e. The predicted octanol–water partition coefficient (Wildman–Crippen LogP) is 1.98. The van der Waals surface area contributed by atoms with Crippen molar-refractivity contribution in [2.75, 3.05) is 18.0 Å². The van der Waals surface area contributed by atoms with Crippen molar-refractivity contribution in [1.82, 2.24) is 15.0 Å². The van der Waals surface area contributed by atoms with E-state index in [0.29, 0.717) is 5.56 Å². The minimum atomic E-state index is -0.445. The zero-order valence-electron chi connectivity index (χ0n) is 13.4. The van der Waals surface area contributed by atoms with Gasteiger partial charge in [0.05, 0.1) is 5.39 Å². The Bertz CT molecular complexity index is 912. The van der Waals surface area contributed by atoms with Crippen molar-refractivity contribution < 1.29 is 4.79 Å². The minimum Gasteiger partial charge on any atom is -0.366 e. The fourth-order valence-corrected chi connectivity index (χ4v) is 3.30. The van der Waals surface area contributed by atoms with E-state index in [1.54, 1.807) is 18.5 Å². The molecule has 0 aliphatic carbocycles. The second kappa shape index (κ2) is 7.43. The molecule has 1 fully saturated rings. The van der Waals surface area contributed by atoms with Crippen molar-refractivity contribution >= 4 is 58.5 Å². The van der Waals surface area contributed by atoms with E-state index in [4.69, 9.17) is 11.5 Å². The molecule has 1 atom stereocenters. The van der Waals surface area contributed by atoms with Crippen molar-refractivity contribution in [1.29, 1.82) is 0 Å². The zero-order valence-corrected chi connectivity index (χ0v) is 15.1. The third-order valence-corrected chi connectivity index (χ3v) is 4.41. The van der Waals surface area contributed by atoms with E-state index in [9.17, 15) is 4.79 Å². The van der Waals surface area contributed by atoms with Gasteiger partial charge >= 0.3 is 0 Å². The Morgan fingerprint density at radius 3 is 2.80 bits per heavy atom. The highest BCUT2D eigenvalue weighted by Crippen LogP contribution is 2.32. The summed E-state index contributed by atoms with van der Waals surface area (Å²) in [6.07, 6.45) is 3.63. The van der Waals surface area contributed by atoms with Gasteiger partial charge in [0.2, 0.25) is 5.91 Å². The monoisotopic (exact) mass is 382 g/mol. The first-order valence-electron chi connectivity index (χ1n) is 7.70. The smallest absolute Gasteiger partial charge is 0.248 e. The predicted molar refractivity (Wildman–Crippen MR) is 104 cm³/mol. The number of hydrogen-bond donors (Lipinski definition) is 3. The molecule has 9 heteroatoms. The summed E-state index contributed by atoms with van der Waals surface area (Å²) in [5.41, 5.74) is 13.7. The van der Waals surface area contributed by atoms with Gasteiger partial charge in [-0.25, -0.2) is 9.97 Å². The summed E-state index contributed by atoms with van der Waals surface area (Å²) >= 11 is 0. The number of anilines is 1. The molecular weight excluding hydrogens is 363 g/mol. The molecule has 0 radical (unpaired) electrons. The molecule has 0 saturated carbocycles. The first-order valence-corrected chi connectivity index (χ1v) is 7.70. The number of nitrogens with zero attached hydrogens (tertiary/aromatic N) is 3. The molecule has 1 aliphatic heterocycles. The number of piperidine rings is 1. The second-order valence-electron chi connectivity index (χ2n) is 6.02. The molecule has 1 amide bonds. The van der Waals surface area contributed by atoms with Crippen LogP contribution in [0.25, 0.3) is 21.9 Å². The molecule has 0 bridgehead atoms. The number of benzene rings is 1. The number of rotatable bonds is 2. The maximum atomic E-state index is 11.5.